The van der Waals surface area contributed by atoms with E-state index in [2.05, 4.69) is 16.0 Å². The molecular weight excluding hydrogens is 354 g/mol. The zero-order chi connectivity index (χ0) is 19.8. The number of imide groups is 1. The average molecular weight is 377 g/mol. The highest BCUT2D eigenvalue weighted by molar-refractivity contribution is 5.97. The molecule has 0 aliphatic rings. The van der Waals surface area contributed by atoms with E-state index in [1.165, 1.54) is 0 Å². The number of nitrogens with one attached hydrogen (secondary N) is 3. The molecule has 28 heavy (non-hydrogen) atoms. The number of benzene rings is 2. The molecule has 0 spiro atoms. The molecule has 3 amide bonds. The molecule has 6 heteroatoms. The molecule has 0 saturated heterocycles. The normalized spacial score (nSPS) is 12.8. The van der Waals surface area contributed by atoms with Gasteiger partial charge in [0.1, 0.15) is 11.8 Å². The van der Waals surface area contributed by atoms with Crippen molar-refractivity contribution in [3.05, 3.63) is 95.9 Å². The summed E-state index contributed by atoms with van der Waals surface area (Å²) < 4.78 is 5.61. The van der Waals surface area contributed by atoms with Crippen LogP contribution in [0.3, 0.4) is 0 Å². The molecule has 0 unspecified atom stereocenters. The summed E-state index contributed by atoms with van der Waals surface area (Å²) >= 11 is 0. The standard InChI is InChI=1S/C22H23N3O3/c1-2-23-22(27)25-21(26)20(17-12-7-4-8-13-17)24-19(18-14-9-15-28-18)16-10-5-3-6-11-16/h3-15,19-20,24H,2H2,1H3,(H2,23,25,26,27)/t19-,20+/m0/s1. The molecule has 0 aliphatic heterocycles. The third-order valence-corrected chi connectivity index (χ3v) is 4.26. The zero-order valence-electron chi connectivity index (χ0n) is 15.6. The van der Waals surface area contributed by atoms with Crippen molar-refractivity contribution in [1.82, 2.24) is 16.0 Å². The Balaban J connectivity index is 1.92. The Bertz CT molecular complexity index is 880. The van der Waals surface area contributed by atoms with Gasteiger partial charge in [-0.1, -0.05) is 60.7 Å². The van der Waals surface area contributed by atoms with Crippen LogP contribution >= 0.6 is 0 Å². The molecular formula is C22H23N3O3. The van der Waals surface area contributed by atoms with Gasteiger partial charge in [0.25, 0.3) is 0 Å². The minimum Gasteiger partial charge on any atom is -0.467 e. The van der Waals surface area contributed by atoms with Crippen molar-refractivity contribution < 1.29 is 14.0 Å². The molecule has 144 valence electrons. The number of carbonyl (C=O) groups excluding carboxylic acids is 2. The van der Waals surface area contributed by atoms with Crippen LogP contribution in [0, 0.1) is 0 Å². The van der Waals surface area contributed by atoms with Gasteiger partial charge in [0.15, 0.2) is 0 Å². The monoisotopic (exact) mass is 377 g/mol. The van der Waals surface area contributed by atoms with Crippen molar-refractivity contribution >= 4 is 11.9 Å². The number of furan rings is 1. The Morgan fingerprint density at radius 1 is 0.893 bits per heavy atom. The van der Waals surface area contributed by atoms with Gasteiger partial charge < -0.3 is 9.73 Å². The van der Waals surface area contributed by atoms with Crippen LogP contribution in [-0.2, 0) is 4.79 Å². The predicted octanol–water partition coefficient (Wildman–Crippen LogP) is 3.55. The first kappa shape index (κ1) is 19.4. The number of carbonyl (C=O) groups is 2. The second kappa shape index (κ2) is 9.53. The van der Waals surface area contributed by atoms with Gasteiger partial charge in [0.2, 0.25) is 5.91 Å². The lowest BCUT2D eigenvalue weighted by Gasteiger charge is -2.24. The molecule has 2 atom stereocenters. The molecule has 1 heterocycles. The van der Waals surface area contributed by atoms with Crippen LogP contribution in [0.5, 0.6) is 0 Å². The Kier molecular flexibility index (Phi) is 6.59. The van der Waals surface area contributed by atoms with Crippen molar-refractivity contribution in [2.75, 3.05) is 6.54 Å². The first-order valence-electron chi connectivity index (χ1n) is 9.17. The smallest absolute Gasteiger partial charge is 0.321 e. The van der Waals surface area contributed by atoms with Crippen molar-refractivity contribution in [1.29, 1.82) is 0 Å². The molecule has 0 fully saturated rings. The first-order valence-corrected chi connectivity index (χ1v) is 9.17. The number of amides is 3. The number of hydrogen-bond donors (Lipinski definition) is 3. The van der Waals surface area contributed by atoms with Crippen LogP contribution in [0.1, 0.15) is 35.9 Å². The van der Waals surface area contributed by atoms with Crippen LogP contribution < -0.4 is 16.0 Å². The maximum absolute atomic E-state index is 12.9. The fourth-order valence-electron chi connectivity index (χ4n) is 2.97. The van der Waals surface area contributed by atoms with Gasteiger partial charge in [-0.3, -0.25) is 15.4 Å². The molecule has 0 saturated carbocycles. The van der Waals surface area contributed by atoms with E-state index in [9.17, 15) is 9.59 Å². The number of urea groups is 1. The van der Waals surface area contributed by atoms with Gasteiger partial charge in [-0.15, -0.1) is 0 Å². The lowest BCUT2D eigenvalue weighted by atomic mass is 10.00. The van der Waals surface area contributed by atoms with E-state index in [-0.39, 0.29) is 6.04 Å². The lowest BCUT2D eigenvalue weighted by Crippen LogP contribution is -2.45. The van der Waals surface area contributed by atoms with E-state index in [0.29, 0.717) is 12.3 Å². The Labute approximate surface area is 164 Å². The highest BCUT2D eigenvalue weighted by atomic mass is 16.3. The highest BCUT2D eigenvalue weighted by Gasteiger charge is 2.28. The van der Waals surface area contributed by atoms with Crippen molar-refractivity contribution in [2.45, 2.75) is 19.0 Å². The first-order chi connectivity index (χ1) is 13.7. The number of hydrogen-bond acceptors (Lipinski definition) is 4. The zero-order valence-corrected chi connectivity index (χ0v) is 15.6. The van der Waals surface area contributed by atoms with Gasteiger partial charge >= 0.3 is 6.03 Å². The third-order valence-electron chi connectivity index (χ3n) is 4.26. The molecule has 3 aromatic rings. The maximum atomic E-state index is 12.9. The van der Waals surface area contributed by atoms with Crippen LogP contribution in [0.25, 0.3) is 0 Å². The Morgan fingerprint density at radius 2 is 1.54 bits per heavy atom. The second-order valence-corrected chi connectivity index (χ2v) is 6.22. The van der Waals surface area contributed by atoms with Crippen molar-refractivity contribution in [3.63, 3.8) is 0 Å². The van der Waals surface area contributed by atoms with Crippen molar-refractivity contribution in [2.24, 2.45) is 0 Å². The van der Waals surface area contributed by atoms with Gasteiger partial charge in [-0.2, -0.15) is 0 Å². The van der Waals surface area contributed by atoms with Crippen LogP contribution in [-0.4, -0.2) is 18.5 Å². The topological polar surface area (TPSA) is 83.4 Å². The summed E-state index contributed by atoms with van der Waals surface area (Å²) in [5.41, 5.74) is 1.70. The quantitative estimate of drug-likeness (QED) is 0.588. The average Bonchev–Trinajstić information content (AvgIpc) is 3.24. The SMILES string of the molecule is CCNC(=O)NC(=O)[C@H](N[C@@H](c1ccccc1)c1ccco1)c1ccccc1. The molecule has 0 aliphatic carbocycles. The summed E-state index contributed by atoms with van der Waals surface area (Å²) in [5.74, 6) is 0.238. The van der Waals surface area contributed by atoms with Crippen LogP contribution in [0.15, 0.2) is 83.5 Å². The summed E-state index contributed by atoms with van der Waals surface area (Å²) in [6.45, 7) is 2.22. The van der Waals surface area contributed by atoms with Gasteiger partial charge in [0, 0.05) is 6.54 Å². The molecule has 6 nitrogen and oxygen atoms in total. The summed E-state index contributed by atoms with van der Waals surface area (Å²) in [4.78, 5) is 24.8. The van der Waals surface area contributed by atoms with E-state index in [1.807, 2.05) is 66.7 Å². The maximum Gasteiger partial charge on any atom is 0.321 e. The van der Waals surface area contributed by atoms with Gasteiger partial charge in [-0.05, 0) is 30.2 Å². The molecule has 0 radical (unpaired) electrons. The van der Waals surface area contributed by atoms with Crippen molar-refractivity contribution in [3.8, 4) is 0 Å². The van der Waals surface area contributed by atoms with E-state index < -0.39 is 18.0 Å². The van der Waals surface area contributed by atoms with Crippen LogP contribution in [0.4, 0.5) is 4.79 Å². The largest absolute Gasteiger partial charge is 0.467 e. The second-order valence-electron chi connectivity index (χ2n) is 6.22. The highest BCUT2D eigenvalue weighted by Crippen LogP contribution is 2.26. The van der Waals surface area contributed by atoms with E-state index in [4.69, 9.17) is 4.42 Å². The van der Waals surface area contributed by atoms with E-state index >= 15 is 0 Å². The summed E-state index contributed by atoms with van der Waals surface area (Å²) in [5, 5.41) is 8.33. The van der Waals surface area contributed by atoms with E-state index in [0.717, 1.165) is 11.1 Å². The van der Waals surface area contributed by atoms with E-state index in [1.54, 1.807) is 19.3 Å². The minimum absolute atomic E-state index is 0.360. The fraction of sp³-hybridized carbons (Fsp3) is 0.182. The fourth-order valence-corrected chi connectivity index (χ4v) is 2.97. The molecule has 3 rings (SSSR count). The molecule has 2 aromatic carbocycles. The molecule has 3 N–H and O–H groups in total. The van der Waals surface area contributed by atoms with Gasteiger partial charge in [-0.25, -0.2) is 4.79 Å². The summed E-state index contributed by atoms with van der Waals surface area (Å²) in [6, 6.07) is 21.0. The molecule has 0 bridgehead atoms. The number of rotatable bonds is 7. The Hall–Kier alpha value is -3.38. The van der Waals surface area contributed by atoms with Crippen LogP contribution in [0.2, 0.25) is 0 Å². The van der Waals surface area contributed by atoms with Gasteiger partial charge in [0.05, 0.1) is 12.3 Å². The predicted molar refractivity (Wildman–Crippen MR) is 107 cm³/mol. The summed E-state index contributed by atoms with van der Waals surface area (Å²) in [7, 11) is 0. The third kappa shape index (κ3) is 4.86. The minimum atomic E-state index is -0.751. The summed E-state index contributed by atoms with van der Waals surface area (Å²) in [6.07, 6.45) is 1.60. The Morgan fingerprint density at radius 3 is 2.11 bits per heavy atom. The lowest BCUT2D eigenvalue weighted by molar-refractivity contribution is -0.122. The molecule has 1 aromatic heterocycles.